The first-order valence-corrected chi connectivity index (χ1v) is 7.89. The van der Waals surface area contributed by atoms with Crippen LogP contribution in [0, 0.1) is 5.92 Å². The maximum absolute atomic E-state index is 13.0. The van der Waals surface area contributed by atoms with Crippen molar-refractivity contribution < 1.29 is 18.0 Å². The first-order chi connectivity index (χ1) is 10.8. The van der Waals surface area contributed by atoms with Crippen LogP contribution in [-0.4, -0.2) is 50.2 Å². The molecule has 1 aromatic heterocycles. The van der Waals surface area contributed by atoms with Gasteiger partial charge in [0.1, 0.15) is 0 Å². The molecule has 23 heavy (non-hydrogen) atoms. The Morgan fingerprint density at radius 1 is 1.43 bits per heavy atom. The summed E-state index contributed by atoms with van der Waals surface area (Å²) in [4.78, 5) is 12.3. The standard InChI is InChI=1S/C13H14F3N5OS/c1-7-8(4-5-9(11(7)23-3)13(14,15)16)10(22)6-17-12-18-19-20-21(12)2/h7,11H,6H2,1-3H3,(H,17,18,20). The minimum Gasteiger partial charge on any atom is -0.346 e. The number of nitrogens with zero attached hydrogens (tertiary/aromatic N) is 4. The van der Waals surface area contributed by atoms with Crippen LogP contribution in [0.4, 0.5) is 19.1 Å². The van der Waals surface area contributed by atoms with Crippen molar-refractivity contribution in [2.24, 2.45) is 13.0 Å². The molecular weight excluding hydrogens is 331 g/mol. The van der Waals surface area contributed by atoms with Crippen LogP contribution in [0.2, 0.25) is 0 Å². The number of alkyl halides is 3. The first-order valence-electron chi connectivity index (χ1n) is 6.60. The number of aromatic nitrogens is 4. The van der Waals surface area contributed by atoms with E-state index in [1.165, 1.54) is 4.68 Å². The van der Waals surface area contributed by atoms with Gasteiger partial charge in [-0.2, -0.15) is 24.9 Å². The molecular formula is C13H14F3N5OS. The summed E-state index contributed by atoms with van der Waals surface area (Å²) in [7, 11) is 1.59. The topological polar surface area (TPSA) is 72.7 Å². The summed E-state index contributed by atoms with van der Waals surface area (Å²) in [6, 6.07) is 0. The highest BCUT2D eigenvalue weighted by Gasteiger charge is 2.43. The fraction of sp³-hybridized carbons (Fsp3) is 0.538. The number of ketones is 1. The fourth-order valence-corrected chi connectivity index (χ4v) is 3.21. The summed E-state index contributed by atoms with van der Waals surface area (Å²) < 4.78 is 40.3. The van der Waals surface area contributed by atoms with E-state index in [0.29, 0.717) is 5.95 Å². The van der Waals surface area contributed by atoms with Crippen molar-refractivity contribution in [1.29, 1.82) is 0 Å². The molecule has 0 saturated carbocycles. The van der Waals surface area contributed by atoms with Crippen LogP contribution in [0.15, 0.2) is 22.6 Å². The Balaban J connectivity index is 2.24. The molecule has 0 fully saturated rings. The Bertz CT molecular complexity index is 713. The number of tetrazole rings is 1. The molecule has 0 aromatic carbocycles. The zero-order chi connectivity index (χ0) is 17.2. The number of Topliss-reactive ketones (excluding diaryl/α,β-unsaturated/α-hetero) is 1. The highest BCUT2D eigenvalue weighted by atomic mass is 32.2. The molecule has 2 rings (SSSR count). The van der Waals surface area contributed by atoms with E-state index < -0.39 is 22.9 Å². The Morgan fingerprint density at radius 2 is 2.13 bits per heavy atom. The molecule has 10 heteroatoms. The highest BCUT2D eigenvalue weighted by molar-refractivity contribution is 7.99. The third kappa shape index (κ3) is 3.67. The minimum absolute atomic E-state index is 0.134. The molecule has 0 radical (unpaired) electrons. The van der Waals surface area contributed by atoms with Crippen molar-refractivity contribution in [1.82, 2.24) is 20.2 Å². The van der Waals surface area contributed by atoms with Crippen molar-refractivity contribution in [3.63, 3.8) is 0 Å². The summed E-state index contributed by atoms with van der Waals surface area (Å²) in [5.74, 6) is -0.692. The lowest BCUT2D eigenvalue weighted by molar-refractivity contribution is -0.114. The number of thioether (sulfide) groups is 1. The number of hydrogen-bond acceptors (Lipinski definition) is 6. The Morgan fingerprint density at radius 3 is 2.65 bits per heavy atom. The summed E-state index contributed by atoms with van der Waals surface area (Å²) >= 11 is 1.04. The second-order valence-electron chi connectivity index (χ2n) is 4.92. The second-order valence-corrected chi connectivity index (χ2v) is 5.90. The van der Waals surface area contributed by atoms with Gasteiger partial charge in [-0.25, -0.2) is 4.68 Å². The normalized spacial score (nSPS) is 21.0. The van der Waals surface area contributed by atoms with Crippen LogP contribution >= 0.6 is 11.8 Å². The van der Waals surface area contributed by atoms with E-state index in [2.05, 4.69) is 32.3 Å². The summed E-state index contributed by atoms with van der Waals surface area (Å²) in [6.07, 6.45) is -2.91. The molecule has 1 heterocycles. The molecule has 2 unspecified atom stereocenters. The lowest BCUT2D eigenvalue weighted by Gasteiger charge is -2.27. The smallest absolute Gasteiger partial charge is 0.346 e. The molecule has 0 saturated heterocycles. The van der Waals surface area contributed by atoms with Gasteiger partial charge >= 0.3 is 6.18 Å². The van der Waals surface area contributed by atoms with Gasteiger partial charge in [0, 0.05) is 18.2 Å². The van der Waals surface area contributed by atoms with Gasteiger partial charge < -0.3 is 5.32 Å². The van der Waals surface area contributed by atoms with Gasteiger partial charge in [0.15, 0.2) is 5.78 Å². The third-order valence-corrected chi connectivity index (χ3v) is 4.56. The average molecular weight is 345 g/mol. The van der Waals surface area contributed by atoms with Gasteiger partial charge in [-0.3, -0.25) is 4.79 Å². The van der Waals surface area contributed by atoms with E-state index in [9.17, 15) is 18.0 Å². The maximum atomic E-state index is 13.0. The lowest BCUT2D eigenvalue weighted by Crippen LogP contribution is -2.32. The zero-order valence-corrected chi connectivity index (χ0v) is 13.4. The molecule has 1 aromatic rings. The van der Waals surface area contributed by atoms with Crippen LogP contribution < -0.4 is 5.32 Å². The zero-order valence-electron chi connectivity index (χ0n) is 12.6. The van der Waals surface area contributed by atoms with Gasteiger partial charge in [-0.15, -0.1) is 0 Å². The van der Waals surface area contributed by atoms with E-state index in [0.717, 1.165) is 11.8 Å². The molecule has 0 aliphatic heterocycles. The lowest BCUT2D eigenvalue weighted by atomic mass is 9.88. The van der Waals surface area contributed by atoms with E-state index in [1.54, 1.807) is 20.2 Å². The Hall–Kier alpha value is -2.02. The SMILES string of the molecule is CSC1C(C(F)(F)F)=C=C=C(C(=O)CNc2nnnn2C)C1C. The molecule has 0 bridgehead atoms. The molecule has 0 amide bonds. The molecule has 1 aliphatic rings. The number of nitrogens with one attached hydrogen (secondary N) is 1. The molecule has 0 spiro atoms. The number of anilines is 1. The fourth-order valence-electron chi connectivity index (χ4n) is 2.23. The average Bonchev–Trinajstić information content (AvgIpc) is 2.88. The largest absolute Gasteiger partial charge is 0.421 e. The summed E-state index contributed by atoms with van der Waals surface area (Å²) in [5, 5.41) is 12.5. The van der Waals surface area contributed by atoms with Crippen LogP contribution in [0.5, 0.6) is 0 Å². The number of rotatable bonds is 5. The number of carbonyl (C=O) groups excluding carboxylic acids is 1. The Kier molecular flexibility index (Phi) is 4.99. The molecule has 2 atom stereocenters. The van der Waals surface area contributed by atoms with Crippen LogP contribution in [0.3, 0.4) is 0 Å². The number of hydrogen-bond donors (Lipinski definition) is 1. The van der Waals surface area contributed by atoms with E-state index in [-0.39, 0.29) is 17.9 Å². The van der Waals surface area contributed by atoms with Crippen LogP contribution in [0.25, 0.3) is 0 Å². The van der Waals surface area contributed by atoms with E-state index >= 15 is 0 Å². The Labute approximate surface area is 134 Å². The van der Waals surface area contributed by atoms with E-state index in [1.807, 2.05) is 0 Å². The monoisotopic (exact) mass is 345 g/mol. The minimum atomic E-state index is -4.48. The number of carbonyl (C=O) groups is 1. The molecule has 6 nitrogen and oxygen atoms in total. The quantitative estimate of drug-likeness (QED) is 0.820. The summed E-state index contributed by atoms with van der Waals surface area (Å²) in [5.41, 5.74) is 3.89. The van der Waals surface area contributed by atoms with Gasteiger partial charge in [0.05, 0.1) is 17.7 Å². The predicted molar refractivity (Wildman–Crippen MR) is 78.9 cm³/mol. The van der Waals surface area contributed by atoms with Crippen molar-refractivity contribution in [2.75, 3.05) is 18.1 Å². The van der Waals surface area contributed by atoms with Gasteiger partial charge in [-0.1, -0.05) is 23.5 Å². The second kappa shape index (κ2) is 6.62. The summed E-state index contributed by atoms with van der Waals surface area (Å²) in [6.45, 7) is 1.45. The van der Waals surface area contributed by atoms with Gasteiger partial charge in [0.2, 0.25) is 5.95 Å². The molecule has 1 aliphatic carbocycles. The van der Waals surface area contributed by atoms with Crippen molar-refractivity contribution in [2.45, 2.75) is 18.3 Å². The molecule has 124 valence electrons. The van der Waals surface area contributed by atoms with Crippen molar-refractivity contribution in [3.8, 4) is 0 Å². The number of aryl methyl sites for hydroxylation is 1. The van der Waals surface area contributed by atoms with Gasteiger partial charge in [0.25, 0.3) is 0 Å². The van der Waals surface area contributed by atoms with Crippen LogP contribution in [-0.2, 0) is 11.8 Å². The maximum Gasteiger partial charge on any atom is 0.421 e. The first kappa shape index (κ1) is 17.3. The van der Waals surface area contributed by atoms with Crippen molar-refractivity contribution in [3.05, 3.63) is 22.6 Å². The third-order valence-electron chi connectivity index (χ3n) is 3.41. The van der Waals surface area contributed by atoms with Gasteiger partial charge in [-0.05, 0) is 16.7 Å². The van der Waals surface area contributed by atoms with Crippen molar-refractivity contribution >= 4 is 23.5 Å². The molecule has 1 N–H and O–H groups in total. The van der Waals surface area contributed by atoms with Crippen LogP contribution in [0.1, 0.15) is 6.92 Å². The highest BCUT2D eigenvalue weighted by Crippen LogP contribution is 2.39. The number of halogens is 3. The van der Waals surface area contributed by atoms with E-state index in [4.69, 9.17) is 0 Å². The predicted octanol–water partition coefficient (Wildman–Crippen LogP) is 1.74.